The van der Waals surface area contributed by atoms with Crippen LogP contribution in [0.1, 0.15) is 61.0 Å². The number of phenols is 1. The van der Waals surface area contributed by atoms with Crippen LogP contribution < -0.4 is 4.74 Å². The molecule has 0 spiro atoms. The van der Waals surface area contributed by atoms with Crippen molar-refractivity contribution in [3.8, 4) is 11.5 Å². The van der Waals surface area contributed by atoms with Crippen molar-refractivity contribution in [3.05, 3.63) is 28.8 Å². The molecule has 8 nitrogen and oxygen atoms in total. The van der Waals surface area contributed by atoms with Gasteiger partial charge in [0, 0.05) is 0 Å². The van der Waals surface area contributed by atoms with Gasteiger partial charge < -0.3 is 27.9 Å². The minimum absolute atomic E-state index is 0.0683. The first kappa shape index (κ1) is 27.9. The standard InChI is InChI=1S/C21H36O8P2/c1-14(2)26-30(23,27-15(3)4)21(31(24,28-16(5)6)29-17(7)8)13-18-10-11-19(22)20(12-18)25-9/h10-17,22H,1-9H3. The van der Waals surface area contributed by atoms with E-state index in [0.717, 1.165) is 0 Å². The number of hydrogen-bond acceptors (Lipinski definition) is 8. The van der Waals surface area contributed by atoms with Gasteiger partial charge >= 0.3 is 15.2 Å². The van der Waals surface area contributed by atoms with Gasteiger partial charge in [-0.15, -0.1) is 0 Å². The molecule has 0 saturated heterocycles. The molecular formula is C21H36O8P2. The highest BCUT2D eigenvalue weighted by atomic mass is 31.2. The summed E-state index contributed by atoms with van der Waals surface area (Å²) in [5.41, 5.74) is 0.449. The lowest BCUT2D eigenvalue weighted by molar-refractivity contribution is 0.138. The summed E-state index contributed by atoms with van der Waals surface area (Å²) in [6.07, 6.45) is -0.565. The molecule has 0 saturated carbocycles. The molecule has 31 heavy (non-hydrogen) atoms. The monoisotopic (exact) mass is 478 g/mol. The Hall–Kier alpha value is -1.14. The fraction of sp³-hybridized carbons (Fsp3) is 0.619. The predicted molar refractivity (Wildman–Crippen MR) is 123 cm³/mol. The molecule has 0 bridgehead atoms. The second-order valence-electron chi connectivity index (χ2n) is 8.05. The van der Waals surface area contributed by atoms with Gasteiger partial charge in [0.05, 0.1) is 31.5 Å². The Labute approximate surface area is 186 Å². The first-order valence-electron chi connectivity index (χ1n) is 10.3. The Morgan fingerprint density at radius 3 is 1.52 bits per heavy atom. The number of benzene rings is 1. The van der Waals surface area contributed by atoms with Gasteiger partial charge in [-0.05, 0) is 79.2 Å². The summed E-state index contributed by atoms with van der Waals surface area (Å²) in [4.78, 5) is 0. The molecular weight excluding hydrogens is 442 g/mol. The summed E-state index contributed by atoms with van der Waals surface area (Å²) in [5.74, 6) is 0.128. The lowest BCUT2D eigenvalue weighted by Gasteiger charge is -2.30. The van der Waals surface area contributed by atoms with E-state index in [2.05, 4.69) is 0 Å². The molecule has 1 aromatic rings. The summed E-state index contributed by atoms with van der Waals surface area (Å²) < 4.78 is 56.1. The van der Waals surface area contributed by atoms with Crippen molar-refractivity contribution in [1.29, 1.82) is 0 Å². The van der Waals surface area contributed by atoms with Gasteiger partial charge in [-0.2, -0.15) is 0 Å². The van der Waals surface area contributed by atoms with Crippen LogP contribution in [0.3, 0.4) is 0 Å². The molecule has 0 fully saturated rings. The minimum atomic E-state index is -4.13. The van der Waals surface area contributed by atoms with E-state index in [0.29, 0.717) is 5.56 Å². The van der Waals surface area contributed by atoms with E-state index in [1.807, 2.05) is 0 Å². The lowest BCUT2D eigenvalue weighted by atomic mass is 10.2. The SMILES string of the molecule is COc1cc(C=C(P(=O)(OC(C)C)OC(C)C)P(=O)(OC(C)C)OC(C)C)ccc1O. The number of aromatic hydroxyl groups is 1. The molecule has 0 aromatic heterocycles. The van der Waals surface area contributed by atoms with Gasteiger partial charge in [0.2, 0.25) is 0 Å². The van der Waals surface area contributed by atoms with Crippen molar-refractivity contribution in [2.45, 2.75) is 79.8 Å². The molecule has 0 amide bonds. The Balaban J connectivity index is 3.86. The van der Waals surface area contributed by atoms with Gasteiger partial charge in [0.15, 0.2) is 16.6 Å². The Morgan fingerprint density at radius 1 is 0.806 bits per heavy atom. The highest BCUT2D eigenvalue weighted by Gasteiger charge is 2.47. The van der Waals surface area contributed by atoms with Gasteiger partial charge in [-0.25, -0.2) is 0 Å². The van der Waals surface area contributed by atoms with Gasteiger partial charge in [0.1, 0.15) is 0 Å². The van der Waals surface area contributed by atoms with Gasteiger partial charge in [0.25, 0.3) is 0 Å². The van der Waals surface area contributed by atoms with Crippen LogP contribution in [0.4, 0.5) is 0 Å². The topological polar surface area (TPSA) is 101 Å². The molecule has 0 heterocycles. The first-order valence-corrected chi connectivity index (χ1v) is 13.3. The van der Waals surface area contributed by atoms with Crippen molar-refractivity contribution in [1.82, 2.24) is 0 Å². The van der Waals surface area contributed by atoms with Crippen molar-refractivity contribution in [2.24, 2.45) is 0 Å². The average Bonchev–Trinajstić information content (AvgIpc) is 2.57. The third kappa shape index (κ3) is 8.38. The van der Waals surface area contributed by atoms with Crippen molar-refractivity contribution in [2.75, 3.05) is 7.11 Å². The third-order valence-corrected chi connectivity index (χ3v) is 9.11. The molecule has 1 aromatic carbocycles. The Kier molecular flexibility index (Phi) is 10.5. The summed E-state index contributed by atoms with van der Waals surface area (Å²) in [6.45, 7) is 13.6. The maximum absolute atomic E-state index is 14.0. The fourth-order valence-corrected chi connectivity index (χ4v) is 7.75. The molecule has 0 atom stereocenters. The predicted octanol–water partition coefficient (Wildman–Crippen LogP) is 6.79. The summed E-state index contributed by atoms with van der Waals surface area (Å²) in [7, 11) is -6.85. The van der Waals surface area contributed by atoms with Gasteiger partial charge in [-0.3, -0.25) is 9.13 Å². The van der Waals surface area contributed by atoms with Crippen LogP contribution in [-0.4, -0.2) is 36.6 Å². The van der Waals surface area contributed by atoms with E-state index < -0.39 is 39.6 Å². The molecule has 1 rings (SSSR count). The van der Waals surface area contributed by atoms with E-state index in [4.69, 9.17) is 22.8 Å². The second kappa shape index (κ2) is 11.6. The normalized spacial score (nSPS) is 12.8. The first-order chi connectivity index (χ1) is 14.2. The smallest absolute Gasteiger partial charge is 0.370 e. The Morgan fingerprint density at radius 2 is 1.19 bits per heavy atom. The molecule has 0 radical (unpaired) electrons. The molecule has 1 N–H and O–H groups in total. The quantitative estimate of drug-likeness (QED) is 0.328. The molecule has 178 valence electrons. The second-order valence-corrected chi connectivity index (χ2v) is 12.2. The van der Waals surface area contributed by atoms with Crippen molar-refractivity contribution >= 4 is 21.3 Å². The number of rotatable bonds is 12. The largest absolute Gasteiger partial charge is 0.504 e. The van der Waals surface area contributed by atoms with Crippen LogP contribution in [0.2, 0.25) is 0 Å². The van der Waals surface area contributed by atoms with E-state index in [9.17, 15) is 14.2 Å². The molecule has 0 aliphatic heterocycles. The highest BCUT2D eigenvalue weighted by Crippen LogP contribution is 2.75. The molecule has 0 aliphatic carbocycles. The van der Waals surface area contributed by atoms with Crippen LogP contribution in [0.5, 0.6) is 11.5 Å². The van der Waals surface area contributed by atoms with Crippen LogP contribution in [0.15, 0.2) is 23.3 Å². The zero-order valence-electron chi connectivity index (χ0n) is 19.8. The van der Waals surface area contributed by atoms with Gasteiger partial charge in [-0.1, -0.05) is 6.07 Å². The number of methoxy groups -OCH3 is 1. The van der Waals surface area contributed by atoms with E-state index >= 15 is 0 Å². The molecule has 0 unspecified atom stereocenters. The maximum Gasteiger partial charge on any atom is 0.370 e. The lowest BCUT2D eigenvalue weighted by Crippen LogP contribution is -2.14. The Bertz CT molecular complexity index is 778. The van der Waals surface area contributed by atoms with Crippen LogP contribution in [-0.2, 0) is 27.2 Å². The van der Waals surface area contributed by atoms with Crippen LogP contribution >= 0.6 is 15.2 Å². The van der Waals surface area contributed by atoms with Crippen LogP contribution in [0, 0.1) is 0 Å². The van der Waals surface area contributed by atoms with E-state index in [-0.39, 0.29) is 16.6 Å². The van der Waals surface area contributed by atoms with Crippen molar-refractivity contribution < 1.29 is 37.1 Å². The number of phenolic OH excluding ortho intramolecular Hbond substituents is 1. The average molecular weight is 478 g/mol. The summed E-state index contributed by atoms with van der Waals surface area (Å²) in [6, 6.07) is 4.49. The summed E-state index contributed by atoms with van der Waals surface area (Å²) >= 11 is 0. The third-order valence-electron chi connectivity index (χ3n) is 3.46. The fourth-order valence-electron chi connectivity index (χ4n) is 2.62. The highest BCUT2D eigenvalue weighted by molar-refractivity contribution is 7.79. The number of hydrogen-bond donors (Lipinski definition) is 1. The maximum atomic E-state index is 14.0. The van der Waals surface area contributed by atoms with Crippen LogP contribution in [0.25, 0.3) is 6.08 Å². The zero-order valence-corrected chi connectivity index (χ0v) is 21.6. The van der Waals surface area contributed by atoms with E-state index in [1.165, 1.54) is 25.3 Å². The molecule has 10 heteroatoms. The zero-order chi connectivity index (χ0) is 24.0. The number of ether oxygens (including phenoxy) is 1. The van der Waals surface area contributed by atoms with Crippen molar-refractivity contribution in [3.63, 3.8) is 0 Å². The minimum Gasteiger partial charge on any atom is -0.504 e. The van der Waals surface area contributed by atoms with E-state index in [1.54, 1.807) is 61.5 Å². The molecule has 0 aliphatic rings. The summed E-state index contributed by atoms with van der Waals surface area (Å²) in [5, 5.41) is 9.70.